The maximum Gasteiger partial charge on any atom is 0.0544 e. The zero-order chi connectivity index (χ0) is 48.6. The molecule has 0 saturated carbocycles. The monoisotopic (exact) mass is 922 g/mol. The molecule has 0 aromatic heterocycles. The van der Waals surface area contributed by atoms with Crippen LogP contribution >= 0.6 is 0 Å². The van der Waals surface area contributed by atoms with Crippen molar-refractivity contribution in [2.24, 2.45) is 0 Å². The lowest BCUT2D eigenvalue weighted by atomic mass is 9.65. The number of hydrogen-bond donors (Lipinski definition) is 0. The third-order valence-corrected chi connectivity index (χ3v) is 15.6. The number of hydrogen-bond acceptors (Lipinski definition) is 2. The third-order valence-electron chi connectivity index (χ3n) is 15.6. The molecule has 0 atom stereocenters. The number of fused-ring (bicyclic) bond motifs is 5. The first-order chi connectivity index (χ1) is 35.2. The SMILES string of the molecule is CC1(C)c2ccc(-c3ccccc3)cc2N2c3cc(-c4ccccc4)ccc3C(C)(C)c3cc(-c4ccc(-c5ccc(N(c6ccc(-c7ccccc7)cc6)c6cccc7ccccc67)cc5)cc4)cc1c32. The van der Waals surface area contributed by atoms with Gasteiger partial charge < -0.3 is 9.80 Å². The predicted molar refractivity (Wildman–Crippen MR) is 305 cm³/mol. The molecule has 2 aliphatic rings. The standard InChI is InChI=1S/C70H54N2/c1-69(2)61-41-35-55(48-19-10-6-11-20-48)45-66(61)72-67-46-56(49-21-12-7-13-22-49)36-42-62(67)70(3,4)64-44-57(43-63(69)68(64)72)53-29-27-50(28-30-53)52-33-39-59(40-34-52)71(65-26-16-24-54-23-14-15-25-60(54)65)58-37-31-51(32-38-58)47-17-8-5-9-18-47/h5-46H,1-4H3. The molecule has 2 aliphatic heterocycles. The van der Waals surface area contributed by atoms with Gasteiger partial charge in [0.15, 0.2) is 0 Å². The van der Waals surface area contributed by atoms with Crippen molar-refractivity contribution in [1.82, 2.24) is 0 Å². The molecule has 2 heteroatoms. The van der Waals surface area contributed by atoms with Crippen molar-refractivity contribution in [3.8, 4) is 55.6 Å². The second kappa shape index (κ2) is 17.0. The largest absolute Gasteiger partial charge is 0.310 e. The van der Waals surface area contributed by atoms with Crippen LogP contribution in [0.25, 0.3) is 66.4 Å². The van der Waals surface area contributed by atoms with Crippen LogP contribution < -0.4 is 9.80 Å². The van der Waals surface area contributed by atoms with Crippen LogP contribution in [0.3, 0.4) is 0 Å². The van der Waals surface area contributed by atoms with Gasteiger partial charge in [-0.05, 0) is 138 Å². The summed E-state index contributed by atoms with van der Waals surface area (Å²) in [6.45, 7) is 9.67. The Kier molecular flexibility index (Phi) is 10.2. The molecule has 0 amide bonds. The Labute approximate surface area is 423 Å². The molecule has 2 heterocycles. The molecule has 13 rings (SSSR count). The topological polar surface area (TPSA) is 6.48 Å². The van der Waals surface area contributed by atoms with Crippen molar-refractivity contribution in [2.75, 3.05) is 9.80 Å². The van der Waals surface area contributed by atoms with Crippen LogP contribution in [-0.2, 0) is 10.8 Å². The minimum atomic E-state index is -0.267. The van der Waals surface area contributed by atoms with Gasteiger partial charge in [-0.1, -0.05) is 228 Å². The maximum absolute atomic E-state index is 2.60. The zero-order valence-corrected chi connectivity index (χ0v) is 41.1. The highest BCUT2D eigenvalue weighted by molar-refractivity contribution is 6.00. The lowest BCUT2D eigenvalue weighted by molar-refractivity contribution is 0.598. The Hall–Kier alpha value is -8.72. The van der Waals surface area contributed by atoms with Gasteiger partial charge in [-0.3, -0.25) is 0 Å². The van der Waals surface area contributed by atoms with Crippen LogP contribution in [0, 0.1) is 0 Å². The summed E-state index contributed by atoms with van der Waals surface area (Å²) >= 11 is 0. The molecule has 0 radical (unpaired) electrons. The van der Waals surface area contributed by atoms with Crippen molar-refractivity contribution in [3.63, 3.8) is 0 Å². The van der Waals surface area contributed by atoms with Gasteiger partial charge in [0.1, 0.15) is 0 Å². The summed E-state index contributed by atoms with van der Waals surface area (Å²) < 4.78 is 0. The lowest BCUT2D eigenvalue weighted by Crippen LogP contribution is -2.38. The Morgan fingerprint density at radius 2 is 0.653 bits per heavy atom. The fraction of sp³-hybridized carbons (Fsp3) is 0.0857. The van der Waals surface area contributed by atoms with E-state index >= 15 is 0 Å². The summed E-state index contributed by atoms with van der Waals surface area (Å²) in [6, 6.07) is 93.9. The average molecular weight is 923 g/mol. The van der Waals surface area contributed by atoms with Crippen LogP contribution in [0.4, 0.5) is 34.1 Å². The summed E-state index contributed by atoms with van der Waals surface area (Å²) in [4.78, 5) is 4.99. The molecule has 11 aromatic carbocycles. The Bertz CT molecular complexity index is 3690. The molecular formula is C70H54N2. The quantitative estimate of drug-likeness (QED) is 0.150. The number of anilines is 6. The second-order valence-corrected chi connectivity index (χ2v) is 20.6. The van der Waals surface area contributed by atoms with Crippen LogP contribution in [0.15, 0.2) is 255 Å². The molecule has 11 aromatic rings. The summed E-state index contributed by atoms with van der Waals surface area (Å²) in [5.41, 5.74) is 24.1. The number of nitrogens with zero attached hydrogens (tertiary/aromatic N) is 2. The maximum atomic E-state index is 2.60. The first kappa shape index (κ1) is 43.3. The molecule has 0 bridgehead atoms. The molecule has 72 heavy (non-hydrogen) atoms. The highest BCUT2D eigenvalue weighted by Crippen LogP contribution is 2.61. The van der Waals surface area contributed by atoms with Crippen LogP contribution in [0.5, 0.6) is 0 Å². The smallest absolute Gasteiger partial charge is 0.0544 e. The van der Waals surface area contributed by atoms with Crippen LogP contribution in [0.2, 0.25) is 0 Å². The van der Waals surface area contributed by atoms with Crippen LogP contribution in [-0.4, -0.2) is 0 Å². The normalized spacial score (nSPS) is 13.8. The van der Waals surface area contributed by atoms with Gasteiger partial charge in [0.2, 0.25) is 0 Å². The van der Waals surface area contributed by atoms with Crippen molar-refractivity contribution >= 4 is 44.9 Å². The zero-order valence-electron chi connectivity index (χ0n) is 41.1. The number of benzene rings is 11. The first-order valence-corrected chi connectivity index (χ1v) is 25.2. The van der Waals surface area contributed by atoms with Crippen molar-refractivity contribution < 1.29 is 0 Å². The predicted octanol–water partition coefficient (Wildman–Crippen LogP) is 19.4. The molecule has 0 unspecified atom stereocenters. The minimum absolute atomic E-state index is 0.267. The first-order valence-electron chi connectivity index (χ1n) is 25.2. The van der Waals surface area contributed by atoms with E-state index in [1.54, 1.807) is 0 Å². The summed E-state index contributed by atoms with van der Waals surface area (Å²) in [6.07, 6.45) is 0. The molecule has 0 saturated heterocycles. The summed E-state index contributed by atoms with van der Waals surface area (Å²) in [5.74, 6) is 0. The van der Waals surface area contributed by atoms with E-state index in [2.05, 4.69) is 292 Å². The van der Waals surface area contributed by atoms with Gasteiger partial charge >= 0.3 is 0 Å². The molecule has 0 aliphatic carbocycles. The Balaban J connectivity index is 0.884. The van der Waals surface area contributed by atoms with Gasteiger partial charge in [-0.25, -0.2) is 0 Å². The molecule has 2 nitrogen and oxygen atoms in total. The lowest BCUT2D eigenvalue weighted by Gasteiger charge is -2.50. The minimum Gasteiger partial charge on any atom is -0.310 e. The second-order valence-electron chi connectivity index (χ2n) is 20.6. The van der Waals surface area contributed by atoms with Crippen molar-refractivity contribution in [1.29, 1.82) is 0 Å². The summed E-state index contributed by atoms with van der Waals surface area (Å²) in [7, 11) is 0. The van der Waals surface area contributed by atoms with E-state index in [4.69, 9.17) is 0 Å². The molecule has 0 fully saturated rings. The van der Waals surface area contributed by atoms with E-state index in [0.29, 0.717) is 0 Å². The van der Waals surface area contributed by atoms with Crippen molar-refractivity contribution in [3.05, 3.63) is 277 Å². The van der Waals surface area contributed by atoms with Crippen LogP contribution in [0.1, 0.15) is 49.9 Å². The highest BCUT2D eigenvalue weighted by atomic mass is 15.2. The molecule has 0 N–H and O–H groups in total. The van der Waals surface area contributed by atoms with Gasteiger partial charge in [0.05, 0.1) is 22.7 Å². The third kappa shape index (κ3) is 7.17. The van der Waals surface area contributed by atoms with E-state index in [-0.39, 0.29) is 10.8 Å². The fourth-order valence-electron chi connectivity index (χ4n) is 11.7. The average Bonchev–Trinajstić information content (AvgIpc) is 3.44. The Morgan fingerprint density at radius 1 is 0.292 bits per heavy atom. The van der Waals surface area contributed by atoms with Gasteiger partial charge in [0, 0.05) is 27.6 Å². The molecule has 344 valence electrons. The van der Waals surface area contributed by atoms with E-state index < -0.39 is 0 Å². The Morgan fingerprint density at radius 3 is 1.12 bits per heavy atom. The summed E-state index contributed by atoms with van der Waals surface area (Å²) in [5, 5.41) is 2.43. The van der Waals surface area contributed by atoms with Gasteiger partial charge in [0.25, 0.3) is 0 Å². The molecule has 0 spiro atoms. The number of rotatable bonds is 8. The van der Waals surface area contributed by atoms with Crippen molar-refractivity contribution in [2.45, 2.75) is 38.5 Å². The fourth-order valence-corrected chi connectivity index (χ4v) is 11.7. The highest BCUT2D eigenvalue weighted by Gasteiger charge is 2.46. The van der Waals surface area contributed by atoms with E-state index in [9.17, 15) is 0 Å². The van der Waals surface area contributed by atoms with Gasteiger partial charge in [-0.2, -0.15) is 0 Å². The van der Waals surface area contributed by atoms with Gasteiger partial charge in [-0.15, -0.1) is 0 Å². The molecular weight excluding hydrogens is 869 g/mol. The van der Waals surface area contributed by atoms with E-state index in [0.717, 1.165) is 17.1 Å². The van der Waals surface area contributed by atoms with E-state index in [1.807, 2.05) is 0 Å². The van der Waals surface area contributed by atoms with E-state index in [1.165, 1.54) is 106 Å².